The monoisotopic (exact) mass is 588 g/mol. The van der Waals surface area contributed by atoms with Crippen LogP contribution in [0, 0.1) is 0 Å². The minimum atomic E-state index is -1.73. The molecule has 9 N–H and O–H groups in total. The Labute approximate surface area is 229 Å². The van der Waals surface area contributed by atoms with Crippen LogP contribution in [0.3, 0.4) is 0 Å². The number of rotatable bonds is 7. The summed E-state index contributed by atoms with van der Waals surface area (Å²) in [5.41, 5.74) is 0. The van der Waals surface area contributed by atoms with Crippen LogP contribution in [0.15, 0.2) is 0 Å². The predicted molar refractivity (Wildman–Crippen MR) is 124 cm³/mol. The Morgan fingerprint density at radius 3 is 1.65 bits per heavy atom. The van der Waals surface area contributed by atoms with Crippen LogP contribution in [0.5, 0.6) is 0 Å². The summed E-state index contributed by atoms with van der Waals surface area (Å²) < 4.78 is 43.7. The Morgan fingerprint density at radius 1 is 0.475 bits per heavy atom. The molecule has 0 aromatic carbocycles. The van der Waals surface area contributed by atoms with Crippen molar-refractivity contribution in [1.29, 1.82) is 0 Å². The Morgan fingerprint density at radius 2 is 1.00 bits per heavy atom. The maximum atomic E-state index is 10.9. The van der Waals surface area contributed by atoms with Gasteiger partial charge in [-0.15, -0.1) is 0 Å². The molecule has 234 valence electrons. The minimum absolute atomic E-state index is 0.209. The number of hydrogen-bond acceptors (Lipinski definition) is 17. The van der Waals surface area contributed by atoms with Gasteiger partial charge in [-0.2, -0.15) is 0 Å². The molecule has 0 spiro atoms. The predicted octanol–water partition coefficient (Wildman–Crippen LogP) is -5.76. The normalized spacial score (nSPS) is 54.3. The summed E-state index contributed by atoms with van der Waals surface area (Å²) in [5, 5.41) is 93.2. The van der Waals surface area contributed by atoms with Gasteiger partial charge in [0.05, 0.1) is 25.4 Å². The van der Waals surface area contributed by atoms with Gasteiger partial charge >= 0.3 is 0 Å². The van der Waals surface area contributed by atoms with E-state index in [0.29, 0.717) is 0 Å². The van der Waals surface area contributed by atoms with Gasteiger partial charge in [0.2, 0.25) is 0 Å². The number of aliphatic hydroxyl groups excluding tert-OH is 9. The van der Waals surface area contributed by atoms with Crippen molar-refractivity contribution in [3.8, 4) is 0 Å². The Hall–Kier alpha value is -0.680. The largest absolute Gasteiger partial charge is 0.388 e. The molecule has 0 amide bonds. The van der Waals surface area contributed by atoms with Crippen molar-refractivity contribution in [2.24, 2.45) is 0 Å². The van der Waals surface area contributed by atoms with E-state index in [2.05, 4.69) is 0 Å². The molecule has 18 atom stereocenters. The lowest BCUT2D eigenvalue weighted by Gasteiger charge is -2.47. The zero-order valence-electron chi connectivity index (χ0n) is 22.1. The molecule has 4 heterocycles. The van der Waals surface area contributed by atoms with E-state index in [1.807, 2.05) is 0 Å². The van der Waals surface area contributed by atoms with Crippen molar-refractivity contribution < 1.29 is 83.9 Å². The van der Waals surface area contributed by atoms with Crippen LogP contribution in [0.25, 0.3) is 0 Å². The highest BCUT2D eigenvalue weighted by Crippen LogP contribution is 2.32. The van der Waals surface area contributed by atoms with Crippen molar-refractivity contribution in [3.63, 3.8) is 0 Å². The van der Waals surface area contributed by atoms with E-state index < -0.39 is 117 Å². The smallest absolute Gasteiger partial charge is 0.187 e. The van der Waals surface area contributed by atoms with E-state index >= 15 is 0 Å². The second-order valence-corrected chi connectivity index (χ2v) is 10.4. The van der Waals surface area contributed by atoms with Crippen LogP contribution in [-0.4, -0.2) is 177 Å². The van der Waals surface area contributed by atoms with E-state index in [1.54, 1.807) is 0 Å². The molecule has 17 heteroatoms. The van der Waals surface area contributed by atoms with Crippen LogP contribution in [-0.2, 0) is 37.9 Å². The first-order valence-electron chi connectivity index (χ1n) is 13.0. The zero-order chi connectivity index (χ0) is 29.5. The fourth-order valence-corrected chi connectivity index (χ4v) is 5.07. The molecular weight excluding hydrogens is 548 g/mol. The lowest BCUT2D eigenvalue weighted by Crippen LogP contribution is -2.65. The third kappa shape index (κ3) is 6.46. The van der Waals surface area contributed by atoms with Crippen LogP contribution < -0.4 is 0 Å². The summed E-state index contributed by atoms with van der Waals surface area (Å²) in [6.45, 7) is 2.30. The standard InChI is InChI=1S/C23H40O17/c1-6-10(26)12(28)14(30)21(36-6)39-18-9(25)5-34-20(16(18)32)38-17-7(2)37-22(15(31)13(17)29)40-19-11(27)8(24)4-35-23(19)33-3/h6-32H,4-5H2,1-3H3/t6-,7-,8-,9+,10-,11-,12+,13-,14+,15+,16+,17-,18-,19+,20-,21-,22-,23+/m0/s1. The highest BCUT2D eigenvalue weighted by Gasteiger charge is 2.52. The fraction of sp³-hybridized carbons (Fsp3) is 1.00. The van der Waals surface area contributed by atoms with Gasteiger partial charge in [-0.05, 0) is 13.8 Å². The summed E-state index contributed by atoms with van der Waals surface area (Å²) in [6, 6.07) is 0. The van der Waals surface area contributed by atoms with E-state index in [4.69, 9.17) is 37.9 Å². The first kappa shape index (κ1) is 32.2. The molecule has 0 radical (unpaired) electrons. The zero-order valence-corrected chi connectivity index (χ0v) is 22.1. The molecule has 0 saturated carbocycles. The molecule has 0 aromatic rings. The maximum absolute atomic E-state index is 10.9. The van der Waals surface area contributed by atoms with Gasteiger partial charge in [0.1, 0.15) is 73.2 Å². The van der Waals surface area contributed by atoms with Crippen LogP contribution in [0.2, 0.25) is 0 Å². The summed E-state index contributed by atoms with van der Waals surface area (Å²) in [7, 11) is 1.29. The van der Waals surface area contributed by atoms with E-state index in [0.717, 1.165) is 0 Å². The van der Waals surface area contributed by atoms with Gasteiger partial charge < -0.3 is 83.9 Å². The minimum Gasteiger partial charge on any atom is -0.388 e. The highest BCUT2D eigenvalue weighted by molar-refractivity contribution is 4.94. The number of methoxy groups -OCH3 is 1. The summed E-state index contributed by atoms with van der Waals surface area (Å²) in [6.07, 6.45) is -25.5. The van der Waals surface area contributed by atoms with Crippen LogP contribution in [0.4, 0.5) is 0 Å². The van der Waals surface area contributed by atoms with Crippen molar-refractivity contribution in [2.75, 3.05) is 20.3 Å². The second-order valence-electron chi connectivity index (χ2n) is 10.4. The van der Waals surface area contributed by atoms with Crippen molar-refractivity contribution in [3.05, 3.63) is 0 Å². The van der Waals surface area contributed by atoms with E-state index in [-0.39, 0.29) is 6.61 Å². The van der Waals surface area contributed by atoms with Gasteiger partial charge in [-0.25, -0.2) is 0 Å². The number of ether oxygens (including phenoxy) is 8. The summed E-state index contributed by atoms with van der Waals surface area (Å²) in [4.78, 5) is 0. The van der Waals surface area contributed by atoms with Crippen molar-refractivity contribution >= 4 is 0 Å². The highest BCUT2D eigenvalue weighted by atomic mass is 16.8. The topological polar surface area (TPSA) is 256 Å². The van der Waals surface area contributed by atoms with Gasteiger partial charge in [0.25, 0.3) is 0 Å². The van der Waals surface area contributed by atoms with Gasteiger partial charge in [-0.1, -0.05) is 0 Å². The van der Waals surface area contributed by atoms with Crippen molar-refractivity contribution in [2.45, 2.75) is 124 Å². The molecule has 4 aliphatic heterocycles. The summed E-state index contributed by atoms with van der Waals surface area (Å²) >= 11 is 0. The average Bonchev–Trinajstić information content (AvgIpc) is 2.92. The molecule has 0 aliphatic carbocycles. The third-order valence-electron chi connectivity index (χ3n) is 7.55. The molecule has 4 fully saturated rings. The third-order valence-corrected chi connectivity index (χ3v) is 7.55. The quantitative estimate of drug-likeness (QED) is 0.134. The molecule has 0 unspecified atom stereocenters. The lowest BCUT2D eigenvalue weighted by molar-refractivity contribution is -0.377. The molecular formula is C23H40O17. The van der Waals surface area contributed by atoms with Gasteiger partial charge in [0.15, 0.2) is 25.2 Å². The number of aliphatic hydroxyl groups is 9. The molecule has 0 aromatic heterocycles. The van der Waals surface area contributed by atoms with Crippen molar-refractivity contribution in [1.82, 2.24) is 0 Å². The SMILES string of the molecule is CO[C@@H]1OC[C@H](O)[C@H](O)[C@H]1O[C@@H]1O[C@@H](C)[C@H](O[C@@H]2OC[C@@H](O)[C@H](O[C@@H]3O[C@@H](C)[C@H](O)[C@@H](O)[C@H]3O)[C@H]2O)[C@@H](O)[C@H]1O. The van der Waals surface area contributed by atoms with Gasteiger partial charge in [0, 0.05) is 7.11 Å². The van der Waals surface area contributed by atoms with E-state index in [9.17, 15) is 46.0 Å². The maximum Gasteiger partial charge on any atom is 0.187 e. The first-order valence-corrected chi connectivity index (χ1v) is 13.0. The Balaban J connectivity index is 1.39. The lowest BCUT2D eigenvalue weighted by atomic mass is 9.98. The van der Waals surface area contributed by atoms with Crippen LogP contribution >= 0.6 is 0 Å². The average molecular weight is 589 g/mol. The molecule has 4 rings (SSSR count). The molecule has 0 bridgehead atoms. The summed E-state index contributed by atoms with van der Waals surface area (Å²) in [5.74, 6) is 0. The fourth-order valence-electron chi connectivity index (χ4n) is 5.07. The second kappa shape index (κ2) is 13.3. The van der Waals surface area contributed by atoms with Gasteiger partial charge in [-0.3, -0.25) is 0 Å². The Bertz CT molecular complexity index is 805. The molecule has 17 nitrogen and oxygen atoms in total. The molecule has 40 heavy (non-hydrogen) atoms. The van der Waals surface area contributed by atoms with Crippen LogP contribution in [0.1, 0.15) is 13.8 Å². The molecule has 4 aliphatic rings. The molecule has 4 saturated heterocycles. The first-order chi connectivity index (χ1) is 18.8. The Kier molecular flexibility index (Phi) is 10.7. The number of hydrogen-bond donors (Lipinski definition) is 9. The van der Waals surface area contributed by atoms with E-state index in [1.165, 1.54) is 21.0 Å².